The molecule has 0 heterocycles. The molecule has 0 aliphatic carbocycles. The van der Waals surface area contributed by atoms with Gasteiger partial charge in [-0.05, 0) is 35.5 Å². The first-order chi connectivity index (χ1) is 10.5. The van der Waals surface area contributed by atoms with Gasteiger partial charge in [-0.2, -0.15) is 0 Å². The Balaban J connectivity index is 2.44. The third-order valence-corrected chi connectivity index (χ3v) is 6.04. The van der Waals surface area contributed by atoms with Gasteiger partial charge in [0.25, 0.3) is 0 Å². The van der Waals surface area contributed by atoms with E-state index in [1.54, 1.807) is 19.2 Å². The van der Waals surface area contributed by atoms with Crippen LogP contribution in [0.25, 0.3) is 0 Å². The van der Waals surface area contributed by atoms with Crippen LogP contribution in [0, 0.1) is 0 Å². The van der Waals surface area contributed by atoms with E-state index >= 15 is 0 Å². The highest BCUT2D eigenvalue weighted by molar-refractivity contribution is 7.48. The molecule has 2 rings (SSSR count). The van der Waals surface area contributed by atoms with E-state index < -0.39 is 0 Å². The van der Waals surface area contributed by atoms with Crippen LogP contribution in [-0.2, 0) is 11.8 Å². The van der Waals surface area contributed by atoms with E-state index in [9.17, 15) is 10.2 Å². The lowest BCUT2D eigenvalue weighted by molar-refractivity contribution is 0.283. The molecule has 0 amide bonds. The fourth-order valence-electron chi connectivity index (χ4n) is 2.51. The van der Waals surface area contributed by atoms with Crippen molar-refractivity contribution in [1.82, 2.24) is 0 Å². The molecule has 4 heteroatoms. The van der Waals surface area contributed by atoms with Crippen LogP contribution in [-0.4, -0.2) is 17.3 Å². The standard InChI is InChI=1S/C18H23O3P/c1-4-18(2,15-11-14(21-3)9-10-16(15)20)22-17-8-6-5-7-13(17)12-19/h5-11,19-20,22H,4,12H2,1-3H3. The Morgan fingerprint density at radius 3 is 2.55 bits per heavy atom. The Morgan fingerprint density at radius 2 is 1.91 bits per heavy atom. The second-order valence-electron chi connectivity index (χ2n) is 5.51. The maximum Gasteiger partial charge on any atom is 0.119 e. The number of aliphatic hydroxyl groups is 1. The van der Waals surface area contributed by atoms with Gasteiger partial charge in [-0.15, -0.1) is 0 Å². The monoisotopic (exact) mass is 318 g/mol. The maximum absolute atomic E-state index is 10.3. The van der Waals surface area contributed by atoms with Gasteiger partial charge in [-0.25, -0.2) is 0 Å². The summed E-state index contributed by atoms with van der Waals surface area (Å²) in [6, 6.07) is 13.3. The zero-order valence-corrected chi connectivity index (χ0v) is 14.3. The molecule has 3 nitrogen and oxygen atoms in total. The number of phenols is 1. The largest absolute Gasteiger partial charge is 0.508 e. The molecule has 2 unspecified atom stereocenters. The quantitative estimate of drug-likeness (QED) is 0.801. The van der Waals surface area contributed by atoms with E-state index in [-0.39, 0.29) is 11.8 Å². The van der Waals surface area contributed by atoms with Gasteiger partial charge in [0.15, 0.2) is 0 Å². The molecule has 2 aromatic rings. The van der Waals surface area contributed by atoms with Crippen LogP contribution in [0.15, 0.2) is 42.5 Å². The fourth-order valence-corrected chi connectivity index (χ4v) is 4.12. The zero-order valence-electron chi connectivity index (χ0n) is 13.3. The molecule has 2 atom stereocenters. The van der Waals surface area contributed by atoms with Gasteiger partial charge in [0, 0.05) is 10.7 Å². The number of methoxy groups -OCH3 is 1. The van der Waals surface area contributed by atoms with E-state index in [4.69, 9.17) is 4.74 Å². The molecule has 0 saturated heterocycles. The second kappa shape index (κ2) is 7.13. The van der Waals surface area contributed by atoms with Crippen LogP contribution >= 0.6 is 8.58 Å². The topological polar surface area (TPSA) is 49.7 Å². The number of hydrogen-bond donors (Lipinski definition) is 2. The maximum atomic E-state index is 10.3. The van der Waals surface area contributed by atoms with Crippen molar-refractivity contribution >= 4 is 13.9 Å². The van der Waals surface area contributed by atoms with Crippen molar-refractivity contribution in [2.45, 2.75) is 32.0 Å². The first-order valence-corrected chi connectivity index (χ1v) is 8.38. The number of aromatic hydroxyl groups is 1. The van der Waals surface area contributed by atoms with E-state index in [2.05, 4.69) is 19.9 Å². The molecule has 2 N–H and O–H groups in total. The summed E-state index contributed by atoms with van der Waals surface area (Å²) in [5, 5.41) is 20.8. The summed E-state index contributed by atoms with van der Waals surface area (Å²) < 4.78 is 5.30. The molecular formula is C18H23O3P. The third kappa shape index (κ3) is 3.43. The molecule has 0 bridgehead atoms. The summed E-state index contributed by atoms with van der Waals surface area (Å²) in [4.78, 5) is 0. The van der Waals surface area contributed by atoms with E-state index in [0.717, 1.165) is 28.6 Å². The number of ether oxygens (including phenoxy) is 1. The first kappa shape index (κ1) is 16.8. The second-order valence-corrected chi connectivity index (χ2v) is 7.40. The normalized spacial score (nSPS) is 14.2. The van der Waals surface area contributed by atoms with E-state index in [1.165, 1.54) is 0 Å². The summed E-state index contributed by atoms with van der Waals surface area (Å²) in [6.07, 6.45) is 0.881. The lowest BCUT2D eigenvalue weighted by Crippen LogP contribution is -2.20. The Bertz CT molecular complexity index is 642. The molecule has 0 spiro atoms. The fraction of sp³-hybridized carbons (Fsp3) is 0.333. The SMILES string of the molecule is CCC(C)(Pc1ccccc1CO)c1cc(OC)ccc1O. The van der Waals surface area contributed by atoms with Gasteiger partial charge in [0.05, 0.1) is 13.7 Å². The van der Waals surface area contributed by atoms with Crippen LogP contribution in [0.5, 0.6) is 11.5 Å². The number of rotatable bonds is 6. The number of hydrogen-bond acceptors (Lipinski definition) is 3. The molecule has 22 heavy (non-hydrogen) atoms. The van der Waals surface area contributed by atoms with Crippen LogP contribution < -0.4 is 10.0 Å². The Kier molecular flexibility index (Phi) is 5.44. The van der Waals surface area contributed by atoms with Gasteiger partial charge in [0.1, 0.15) is 11.5 Å². The van der Waals surface area contributed by atoms with Gasteiger partial charge < -0.3 is 14.9 Å². The summed E-state index contributed by atoms with van der Waals surface area (Å²) in [5.74, 6) is 1.03. The highest BCUT2D eigenvalue weighted by Crippen LogP contribution is 2.48. The molecule has 2 aromatic carbocycles. The van der Waals surface area contributed by atoms with Crippen molar-refractivity contribution < 1.29 is 14.9 Å². The Labute approximate surface area is 133 Å². The minimum atomic E-state index is -0.204. The van der Waals surface area contributed by atoms with Crippen LogP contribution in [0.1, 0.15) is 31.4 Å². The highest BCUT2D eigenvalue weighted by Gasteiger charge is 2.29. The van der Waals surface area contributed by atoms with Gasteiger partial charge in [0.2, 0.25) is 0 Å². The predicted molar refractivity (Wildman–Crippen MR) is 92.6 cm³/mol. The average Bonchev–Trinajstić information content (AvgIpc) is 2.55. The van der Waals surface area contributed by atoms with Gasteiger partial charge >= 0.3 is 0 Å². The van der Waals surface area contributed by atoms with Crippen molar-refractivity contribution in [3.8, 4) is 11.5 Å². The summed E-state index contributed by atoms with van der Waals surface area (Å²) in [6.45, 7) is 4.30. The molecule has 0 fully saturated rings. The van der Waals surface area contributed by atoms with E-state index in [1.807, 2.05) is 24.3 Å². The van der Waals surface area contributed by atoms with Crippen molar-refractivity contribution in [3.63, 3.8) is 0 Å². The number of phenolic OH excluding ortho intramolecular Hbond substituents is 1. The molecule has 0 aliphatic rings. The van der Waals surface area contributed by atoms with Gasteiger partial charge in [-0.3, -0.25) is 0 Å². The smallest absolute Gasteiger partial charge is 0.119 e. The summed E-state index contributed by atoms with van der Waals surface area (Å²) >= 11 is 0. The highest BCUT2D eigenvalue weighted by atomic mass is 31.1. The van der Waals surface area contributed by atoms with Crippen molar-refractivity contribution in [2.75, 3.05) is 7.11 Å². The lowest BCUT2D eigenvalue weighted by Gasteiger charge is -2.31. The van der Waals surface area contributed by atoms with Crippen LogP contribution in [0.2, 0.25) is 0 Å². The number of benzene rings is 2. The molecule has 0 aliphatic heterocycles. The van der Waals surface area contributed by atoms with Crippen LogP contribution in [0.4, 0.5) is 0 Å². The van der Waals surface area contributed by atoms with Crippen molar-refractivity contribution in [2.24, 2.45) is 0 Å². The minimum Gasteiger partial charge on any atom is -0.508 e. The first-order valence-electron chi connectivity index (χ1n) is 7.38. The van der Waals surface area contributed by atoms with E-state index in [0.29, 0.717) is 14.3 Å². The van der Waals surface area contributed by atoms with Crippen LogP contribution in [0.3, 0.4) is 0 Å². The molecule has 0 saturated carbocycles. The molecular weight excluding hydrogens is 295 g/mol. The van der Waals surface area contributed by atoms with Gasteiger partial charge in [-0.1, -0.05) is 46.7 Å². The minimum absolute atomic E-state index is 0.0348. The lowest BCUT2D eigenvalue weighted by atomic mass is 9.96. The molecule has 0 radical (unpaired) electrons. The zero-order chi connectivity index (χ0) is 16.2. The Morgan fingerprint density at radius 1 is 1.18 bits per heavy atom. The third-order valence-electron chi connectivity index (χ3n) is 4.10. The summed E-state index contributed by atoms with van der Waals surface area (Å²) in [5.41, 5.74) is 1.84. The summed E-state index contributed by atoms with van der Waals surface area (Å²) in [7, 11) is 2.08. The average molecular weight is 318 g/mol. The Hall–Kier alpha value is -1.57. The molecule has 118 valence electrons. The molecule has 0 aromatic heterocycles. The van der Waals surface area contributed by atoms with Crippen molar-refractivity contribution in [3.05, 3.63) is 53.6 Å². The predicted octanol–water partition coefficient (Wildman–Crippen LogP) is 3.52. The van der Waals surface area contributed by atoms with Crippen molar-refractivity contribution in [1.29, 1.82) is 0 Å². The number of aliphatic hydroxyl groups excluding tert-OH is 1.